The highest BCUT2D eigenvalue weighted by molar-refractivity contribution is 7.16. The first-order valence-corrected chi connectivity index (χ1v) is 11.1. The Hall–Kier alpha value is -3.63. The Balaban J connectivity index is 1.43. The smallest absolute Gasteiger partial charge is 0.285 e. The number of allylic oxidation sites excluding steroid dienone is 3. The van der Waals surface area contributed by atoms with Crippen molar-refractivity contribution in [2.24, 2.45) is 5.84 Å². The van der Waals surface area contributed by atoms with Crippen LogP contribution in [0.1, 0.15) is 40.6 Å². The maximum absolute atomic E-state index is 13.5. The number of pyridine rings is 1. The molecule has 0 unspecified atom stereocenters. The highest BCUT2D eigenvalue weighted by Crippen LogP contribution is 2.34. The molecule has 2 aliphatic rings. The highest BCUT2D eigenvalue weighted by atomic mass is 32.1. The molecule has 0 saturated carbocycles. The maximum Gasteiger partial charge on any atom is 0.285 e. The number of nitrogens with one attached hydrogen (secondary N) is 1. The van der Waals surface area contributed by atoms with Gasteiger partial charge in [-0.15, -0.1) is 10.2 Å². The molecule has 10 heteroatoms. The molecule has 3 N–H and O–H groups in total. The average Bonchev–Trinajstić information content (AvgIpc) is 3.49. The molecule has 0 spiro atoms. The van der Waals surface area contributed by atoms with E-state index in [0.717, 1.165) is 22.7 Å². The third-order valence-electron chi connectivity index (χ3n) is 5.61. The van der Waals surface area contributed by atoms with Gasteiger partial charge in [0.25, 0.3) is 5.91 Å². The molecular weight excluding hydrogens is 424 g/mol. The Morgan fingerprint density at radius 3 is 3.06 bits per heavy atom. The van der Waals surface area contributed by atoms with Crippen molar-refractivity contribution in [1.82, 2.24) is 35.1 Å². The zero-order valence-electron chi connectivity index (χ0n) is 17.5. The van der Waals surface area contributed by atoms with Gasteiger partial charge in [-0.1, -0.05) is 29.6 Å². The summed E-state index contributed by atoms with van der Waals surface area (Å²) < 4.78 is 0. The minimum absolute atomic E-state index is 0.151. The van der Waals surface area contributed by atoms with Crippen molar-refractivity contribution < 1.29 is 4.79 Å². The third kappa shape index (κ3) is 3.74. The Bertz CT molecular complexity index is 1230. The summed E-state index contributed by atoms with van der Waals surface area (Å²) in [6.45, 7) is 2.58. The zero-order valence-corrected chi connectivity index (χ0v) is 18.3. The van der Waals surface area contributed by atoms with Crippen LogP contribution in [0, 0.1) is 0 Å². The molecular formula is C22H22N8OS. The summed E-state index contributed by atoms with van der Waals surface area (Å²) >= 11 is 1.25. The standard InChI is InChI=1S/C22H22N8OS/c1-14-5-4-11-30(23)17(14)7-8-18-19-15(25-13-26-19)9-12-29(18)22(31)21-28-27-20(32-21)16-6-2-3-10-24-16/h2-7,10-11,13,18H,8-9,12,23H2,1H3,(H,25,26)/b17-7-/t18-/m0/s1. The fourth-order valence-electron chi connectivity index (χ4n) is 4.00. The van der Waals surface area contributed by atoms with Crippen LogP contribution in [0.5, 0.6) is 0 Å². The predicted octanol–water partition coefficient (Wildman–Crippen LogP) is 2.99. The minimum Gasteiger partial charge on any atom is -0.348 e. The first-order valence-electron chi connectivity index (χ1n) is 10.3. The van der Waals surface area contributed by atoms with Gasteiger partial charge >= 0.3 is 0 Å². The molecule has 32 heavy (non-hydrogen) atoms. The number of nitrogens with zero attached hydrogens (tertiary/aromatic N) is 6. The first-order chi connectivity index (χ1) is 15.6. The molecule has 3 aromatic heterocycles. The lowest BCUT2D eigenvalue weighted by Gasteiger charge is -2.34. The van der Waals surface area contributed by atoms with Crippen LogP contribution < -0.4 is 5.84 Å². The molecule has 1 atom stereocenters. The second-order valence-corrected chi connectivity index (χ2v) is 8.56. The molecule has 0 aromatic carbocycles. The van der Waals surface area contributed by atoms with E-state index in [1.165, 1.54) is 11.3 Å². The van der Waals surface area contributed by atoms with Crippen LogP contribution in [0.2, 0.25) is 0 Å². The van der Waals surface area contributed by atoms with Gasteiger partial charge in [0, 0.05) is 31.1 Å². The van der Waals surface area contributed by atoms with Crippen LogP contribution in [-0.2, 0) is 6.42 Å². The molecule has 0 bridgehead atoms. The SMILES string of the molecule is CC1=CC=CN(N)/C1=C\C[C@H]1c2nc[nH]c2CCN1C(=O)c1nnc(-c2ccccn2)s1. The lowest BCUT2D eigenvalue weighted by Crippen LogP contribution is -2.40. The fraction of sp³-hybridized carbons (Fsp3) is 0.227. The number of hydrazine groups is 1. The van der Waals surface area contributed by atoms with E-state index < -0.39 is 0 Å². The molecule has 0 radical (unpaired) electrons. The minimum atomic E-state index is -0.223. The van der Waals surface area contributed by atoms with Crippen molar-refractivity contribution in [2.75, 3.05) is 6.54 Å². The molecule has 162 valence electrons. The van der Waals surface area contributed by atoms with Crippen LogP contribution in [-0.4, -0.2) is 47.5 Å². The number of carbonyl (C=O) groups is 1. The van der Waals surface area contributed by atoms with Crippen LogP contribution in [0.3, 0.4) is 0 Å². The number of hydrogen-bond acceptors (Lipinski definition) is 8. The quantitative estimate of drug-likeness (QED) is 0.592. The summed E-state index contributed by atoms with van der Waals surface area (Å²) in [7, 11) is 0. The van der Waals surface area contributed by atoms with Crippen molar-refractivity contribution in [2.45, 2.75) is 25.8 Å². The molecule has 0 fully saturated rings. The Morgan fingerprint density at radius 1 is 1.34 bits per heavy atom. The van der Waals surface area contributed by atoms with E-state index in [1.807, 2.05) is 48.4 Å². The summed E-state index contributed by atoms with van der Waals surface area (Å²) in [5, 5.41) is 10.9. The van der Waals surface area contributed by atoms with E-state index >= 15 is 0 Å². The molecule has 0 saturated heterocycles. The summed E-state index contributed by atoms with van der Waals surface area (Å²) in [6, 6.07) is 5.36. The van der Waals surface area contributed by atoms with Gasteiger partial charge in [-0.05, 0) is 37.1 Å². The lowest BCUT2D eigenvalue weighted by molar-refractivity contribution is 0.0656. The van der Waals surface area contributed by atoms with Crippen LogP contribution >= 0.6 is 11.3 Å². The number of aromatic amines is 1. The largest absolute Gasteiger partial charge is 0.348 e. The van der Waals surface area contributed by atoms with Gasteiger partial charge in [0.15, 0.2) is 5.01 Å². The molecule has 9 nitrogen and oxygen atoms in total. The monoisotopic (exact) mass is 446 g/mol. The molecule has 1 amide bonds. The number of hydrogen-bond donors (Lipinski definition) is 2. The molecule has 5 heterocycles. The number of fused-ring (bicyclic) bond motifs is 1. The number of amides is 1. The summed E-state index contributed by atoms with van der Waals surface area (Å²) in [6.07, 6.45) is 12.5. The van der Waals surface area contributed by atoms with Crippen molar-refractivity contribution >= 4 is 17.2 Å². The summed E-state index contributed by atoms with van der Waals surface area (Å²) in [5.74, 6) is 5.96. The van der Waals surface area contributed by atoms with E-state index in [4.69, 9.17) is 5.84 Å². The van der Waals surface area contributed by atoms with Crippen molar-refractivity contribution in [3.63, 3.8) is 0 Å². The maximum atomic E-state index is 13.5. The Morgan fingerprint density at radius 2 is 2.25 bits per heavy atom. The second kappa shape index (κ2) is 8.48. The molecule has 3 aromatic rings. The van der Waals surface area contributed by atoms with Crippen LogP contribution in [0.25, 0.3) is 10.7 Å². The topological polar surface area (TPSA) is 117 Å². The summed E-state index contributed by atoms with van der Waals surface area (Å²) in [5.41, 5.74) is 4.62. The molecule has 2 aliphatic heterocycles. The van der Waals surface area contributed by atoms with Gasteiger partial charge in [-0.25, -0.2) is 10.8 Å². The third-order valence-corrected chi connectivity index (χ3v) is 6.54. The lowest BCUT2D eigenvalue weighted by atomic mass is 9.98. The van der Waals surface area contributed by atoms with Gasteiger partial charge in [0.05, 0.1) is 23.8 Å². The number of imidazole rings is 1. The number of H-pyrrole nitrogens is 1. The Labute approximate surface area is 189 Å². The van der Waals surface area contributed by atoms with Crippen LogP contribution in [0.4, 0.5) is 0 Å². The summed E-state index contributed by atoms with van der Waals surface area (Å²) in [4.78, 5) is 27.3. The average molecular weight is 447 g/mol. The number of carbonyl (C=O) groups excluding carboxylic acids is 1. The van der Waals surface area contributed by atoms with Crippen molar-refractivity contribution in [3.05, 3.63) is 82.8 Å². The van der Waals surface area contributed by atoms with E-state index in [2.05, 4.69) is 31.2 Å². The van der Waals surface area contributed by atoms with Crippen LogP contribution in [0.15, 0.2) is 66.4 Å². The van der Waals surface area contributed by atoms with Gasteiger partial charge in [0.1, 0.15) is 5.69 Å². The highest BCUT2D eigenvalue weighted by Gasteiger charge is 2.34. The normalized spacial score (nSPS) is 19.2. The second-order valence-electron chi connectivity index (χ2n) is 7.58. The van der Waals surface area contributed by atoms with Crippen molar-refractivity contribution in [1.29, 1.82) is 0 Å². The Kier molecular flexibility index (Phi) is 5.38. The first kappa shape index (κ1) is 20.3. The fourth-order valence-corrected chi connectivity index (χ4v) is 4.78. The number of rotatable bonds is 4. The van der Waals surface area contributed by atoms with Gasteiger partial charge in [-0.3, -0.25) is 14.8 Å². The van der Waals surface area contributed by atoms with E-state index in [9.17, 15) is 4.79 Å². The van der Waals surface area contributed by atoms with Crippen molar-refractivity contribution in [3.8, 4) is 10.7 Å². The van der Waals surface area contributed by atoms with Gasteiger partial charge in [0.2, 0.25) is 5.01 Å². The predicted molar refractivity (Wildman–Crippen MR) is 121 cm³/mol. The van der Waals surface area contributed by atoms with Gasteiger partial charge < -0.3 is 9.88 Å². The number of aromatic nitrogens is 5. The van der Waals surface area contributed by atoms with Gasteiger partial charge in [-0.2, -0.15) is 0 Å². The number of nitrogens with two attached hydrogens (primary N) is 1. The zero-order chi connectivity index (χ0) is 22.1. The van der Waals surface area contributed by atoms with E-state index in [-0.39, 0.29) is 11.9 Å². The van der Waals surface area contributed by atoms with E-state index in [1.54, 1.807) is 17.5 Å². The molecule has 5 rings (SSSR count). The van der Waals surface area contributed by atoms with E-state index in [0.29, 0.717) is 35.1 Å². The molecule has 0 aliphatic carbocycles.